The normalized spacial score (nSPS) is 10.9. The average molecular weight is 374 g/mol. The number of rotatable bonds is 4. The van der Waals surface area contributed by atoms with Crippen LogP contribution in [0, 0.1) is 6.92 Å². The first kappa shape index (κ1) is 17.8. The van der Waals surface area contributed by atoms with E-state index in [0.29, 0.717) is 28.9 Å². The molecule has 0 spiro atoms. The number of aryl methyl sites for hydroxylation is 1. The fourth-order valence-electron chi connectivity index (χ4n) is 3.23. The van der Waals surface area contributed by atoms with Gasteiger partial charge in [0.2, 0.25) is 0 Å². The molecule has 0 aliphatic carbocycles. The zero-order valence-corrected chi connectivity index (χ0v) is 15.5. The molecule has 0 aliphatic heterocycles. The van der Waals surface area contributed by atoms with Crippen molar-refractivity contribution in [3.8, 4) is 5.75 Å². The molecule has 0 radical (unpaired) electrons. The predicted molar refractivity (Wildman–Crippen MR) is 107 cm³/mol. The Balaban J connectivity index is 1.64. The van der Waals surface area contributed by atoms with E-state index < -0.39 is 0 Å². The van der Waals surface area contributed by atoms with Crippen LogP contribution in [0.2, 0.25) is 0 Å². The van der Waals surface area contributed by atoms with Gasteiger partial charge in [-0.15, -0.1) is 0 Å². The third kappa shape index (κ3) is 3.11. The lowest BCUT2D eigenvalue weighted by Gasteiger charge is -2.12. The predicted octanol–water partition coefficient (Wildman–Crippen LogP) is 4.62. The van der Waals surface area contributed by atoms with Crippen molar-refractivity contribution in [2.75, 3.05) is 7.11 Å². The molecule has 4 rings (SSSR count). The minimum atomic E-state index is -0.375. The Morgan fingerprint density at radius 2 is 1.64 bits per heavy atom. The van der Waals surface area contributed by atoms with Gasteiger partial charge in [0.15, 0.2) is 0 Å². The molecule has 0 atom stereocenters. The molecule has 0 fully saturated rings. The van der Waals surface area contributed by atoms with Crippen LogP contribution >= 0.6 is 0 Å². The highest BCUT2D eigenvalue weighted by atomic mass is 16.5. The van der Waals surface area contributed by atoms with E-state index in [1.54, 1.807) is 18.2 Å². The number of esters is 1. The van der Waals surface area contributed by atoms with Gasteiger partial charge in [-0.1, -0.05) is 30.3 Å². The number of carbonyl (C=O) groups is 1. The number of hydrogen-bond acceptors (Lipinski definition) is 5. The molecule has 0 aliphatic rings. The Morgan fingerprint density at radius 1 is 0.929 bits per heavy atom. The van der Waals surface area contributed by atoms with Crippen molar-refractivity contribution >= 4 is 27.7 Å². The molecule has 0 bridgehead atoms. The summed E-state index contributed by atoms with van der Waals surface area (Å²) < 4.78 is 16.2. The summed E-state index contributed by atoms with van der Waals surface area (Å²) in [5.41, 5.74) is 2.34. The van der Waals surface area contributed by atoms with E-state index in [0.717, 1.165) is 21.9 Å². The second kappa shape index (κ2) is 7.19. The van der Waals surface area contributed by atoms with Crippen molar-refractivity contribution in [3.05, 3.63) is 87.8 Å². The van der Waals surface area contributed by atoms with Gasteiger partial charge in [-0.2, -0.15) is 0 Å². The quantitative estimate of drug-likeness (QED) is 0.296. The van der Waals surface area contributed by atoms with Gasteiger partial charge < -0.3 is 13.9 Å². The third-order valence-electron chi connectivity index (χ3n) is 4.76. The van der Waals surface area contributed by atoms with E-state index in [1.807, 2.05) is 49.4 Å². The number of carbonyl (C=O) groups excluding carboxylic acids is 1. The Kier molecular flexibility index (Phi) is 4.57. The van der Waals surface area contributed by atoms with Crippen molar-refractivity contribution in [1.82, 2.24) is 0 Å². The molecule has 4 aromatic rings. The topological polar surface area (TPSA) is 65.7 Å². The van der Waals surface area contributed by atoms with Gasteiger partial charge in [0.25, 0.3) is 0 Å². The molecule has 1 heterocycles. The molecule has 0 amide bonds. The molecule has 3 aromatic carbocycles. The molecule has 5 nitrogen and oxygen atoms in total. The standard InChI is InChI=1S/C23H18O5/c1-14-20(27-13-15-7-9-16(10-8-15)22(24)26-2)12-11-18-17-5-3-4-6-19(17)23(25)28-21(14)18/h3-12H,13H2,1-2H3. The van der Waals surface area contributed by atoms with E-state index in [-0.39, 0.29) is 11.6 Å². The molecule has 0 saturated carbocycles. The number of benzene rings is 3. The lowest BCUT2D eigenvalue weighted by molar-refractivity contribution is 0.0600. The van der Waals surface area contributed by atoms with Gasteiger partial charge in [0, 0.05) is 10.9 Å². The molecule has 140 valence electrons. The molecule has 0 saturated heterocycles. The lowest BCUT2D eigenvalue weighted by Crippen LogP contribution is -2.03. The Hall–Kier alpha value is -3.60. The Labute approximate surface area is 161 Å². The number of methoxy groups -OCH3 is 1. The number of ether oxygens (including phenoxy) is 2. The van der Waals surface area contributed by atoms with Crippen molar-refractivity contribution in [2.24, 2.45) is 0 Å². The lowest BCUT2D eigenvalue weighted by atomic mass is 10.0. The Morgan fingerprint density at radius 3 is 2.36 bits per heavy atom. The number of hydrogen-bond donors (Lipinski definition) is 0. The maximum absolute atomic E-state index is 12.3. The van der Waals surface area contributed by atoms with Crippen molar-refractivity contribution in [2.45, 2.75) is 13.5 Å². The number of fused-ring (bicyclic) bond motifs is 3. The summed E-state index contributed by atoms with van der Waals surface area (Å²) in [6.45, 7) is 2.20. The molecule has 28 heavy (non-hydrogen) atoms. The highest BCUT2D eigenvalue weighted by molar-refractivity contribution is 6.05. The SMILES string of the molecule is COC(=O)c1ccc(COc2ccc3c(oc(=O)c4ccccc43)c2C)cc1. The summed E-state index contributed by atoms with van der Waals surface area (Å²) in [7, 11) is 1.35. The van der Waals surface area contributed by atoms with Crippen LogP contribution in [0.25, 0.3) is 21.7 Å². The van der Waals surface area contributed by atoms with Gasteiger partial charge in [-0.3, -0.25) is 0 Å². The second-order valence-electron chi connectivity index (χ2n) is 6.48. The summed E-state index contributed by atoms with van der Waals surface area (Å²) in [6.07, 6.45) is 0. The van der Waals surface area contributed by atoms with Crippen LogP contribution in [-0.2, 0) is 11.3 Å². The van der Waals surface area contributed by atoms with Gasteiger partial charge in [0.1, 0.15) is 17.9 Å². The van der Waals surface area contributed by atoms with Crippen LogP contribution in [0.1, 0.15) is 21.5 Å². The third-order valence-corrected chi connectivity index (χ3v) is 4.76. The second-order valence-corrected chi connectivity index (χ2v) is 6.48. The molecular formula is C23H18O5. The van der Waals surface area contributed by atoms with Crippen LogP contribution in [-0.4, -0.2) is 13.1 Å². The molecule has 5 heteroatoms. The summed E-state index contributed by atoms with van der Waals surface area (Å²) >= 11 is 0. The van der Waals surface area contributed by atoms with Crippen LogP contribution < -0.4 is 10.4 Å². The molecule has 0 unspecified atom stereocenters. The first-order valence-electron chi connectivity index (χ1n) is 8.83. The van der Waals surface area contributed by atoms with Crippen LogP contribution in [0.4, 0.5) is 0 Å². The first-order chi connectivity index (χ1) is 13.6. The Bertz CT molecular complexity index is 1240. The van der Waals surface area contributed by atoms with Crippen molar-refractivity contribution in [3.63, 3.8) is 0 Å². The largest absolute Gasteiger partial charge is 0.488 e. The van der Waals surface area contributed by atoms with E-state index in [2.05, 4.69) is 0 Å². The zero-order chi connectivity index (χ0) is 19.7. The summed E-state index contributed by atoms with van der Waals surface area (Å²) in [5, 5.41) is 2.30. The smallest absolute Gasteiger partial charge is 0.344 e. The highest BCUT2D eigenvalue weighted by Gasteiger charge is 2.12. The summed E-state index contributed by atoms with van der Waals surface area (Å²) in [5.74, 6) is 0.267. The van der Waals surface area contributed by atoms with Crippen molar-refractivity contribution in [1.29, 1.82) is 0 Å². The summed E-state index contributed by atoms with van der Waals surface area (Å²) in [4.78, 5) is 23.8. The van der Waals surface area contributed by atoms with E-state index >= 15 is 0 Å². The van der Waals surface area contributed by atoms with Crippen molar-refractivity contribution < 1.29 is 18.7 Å². The molecule has 0 N–H and O–H groups in total. The zero-order valence-electron chi connectivity index (χ0n) is 15.5. The van der Waals surface area contributed by atoms with Gasteiger partial charge in [-0.25, -0.2) is 9.59 Å². The summed E-state index contributed by atoms with van der Waals surface area (Å²) in [6, 6.07) is 18.2. The maximum Gasteiger partial charge on any atom is 0.344 e. The van der Waals surface area contributed by atoms with Gasteiger partial charge >= 0.3 is 11.6 Å². The van der Waals surface area contributed by atoms with E-state index in [1.165, 1.54) is 7.11 Å². The first-order valence-corrected chi connectivity index (χ1v) is 8.83. The monoisotopic (exact) mass is 374 g/mol. The van der Waals surface area contributed by atoms with E-state index in [9.17, 15) is 9.59 Å². The van der Waals surface area contributed by atoms with Crippen LogP contribution in [0.15, 0.2) is 69.9 Å². The highest BCUT2D eigenvalue weighted by Crippen LogP contribution is 2.31. The molecular weight excluding hydrogens is 356 g/mol. The van der Waals surface area contributed by atoms with Gasteiger partial charge in [-0.05, 0) is 48.2 Å². The fourth-order valence-corrected chi connectivity index (χ4v) is 3.23. The fraction of sp³-hybridized carbons (Fsp3) is 0.130. The average Bonchev–Trinajstić information content (AvgIpc) is 2.74. The minimum Gasteiger partial charge on any atom is -0.488 e. The van der Waals surface area contributed by atoms with Gasteiger partial charge in [0.05, 0.1) is 18.1 Å². The maximum atomic E-state index is 12.3. The van der Waals surface area contributed by atoms with Crippen LogP contribution in [0.5, 0.6) is 5.75 Å². The molecule has 1 aromatic heterocycles. The van der Waals surface area contributed by atoms with Crippen LogP contribution in [0.3, 0.4) is 0 Å². The minimum absolute atomic E-state index is 0.325. The van der Waals surface area contributed by atoms with E-state index in [4.69, 9.17) is 13.9 Å².